The number of nitrogens with one attached hydrogen (secondary N) is 2. The monoisotopic (exact) mass is 184 g/mol. The summed E-state index contributed by atoms with van der Waals surface area (Å²) in [5.74, 6) is 1.68. The first-order valence-electron chi connectivity index (χ1n) is 5.13. The summed E-state index contributed by atoms with van der Waals surface area (Å²) < 4.78 is 0. The van der Waals surface area contributed by atoms with Gasteiger partial charge in [0.1, 0.15) is 0 Å². The minimum Gasteiger partial charge on any atom is -0.355 e. The average molecular weight is 184 g/mol. The van der Waals surface area contributed by atoms with Crippen LogP contribution in [0, 0.1) is 11.8 Å². The Morgan fingerprint density at radius 3 is 2.77 bits per heavy atom. The predicted molar refractivity (Wildman–Crippen MR) is 53.4 cm³/mol. The van der Waals surface area contributed by atoms with Crippen molar-refractivity contribution in [3.05, 3.63) is 0 Å². The van der Waals surface area contributed by atoms with Crippen LogP contribution < -0.4 is 10.6 Å². The Balaban J connectivity index is 2.09. The highest BCUT2D eigenvalue weighted by atomic mass is 16.1. The number of carbonyl (C=O) groups is 1. The van der Waals surface area contributed by atoms with Gasteiger partial charge in [0.2, 0.25) is 5.91 Å². The minimum absolute atomic E-state index is 0.113. The van der Waals surface area contributed by atoms with E-state index in [-0.39, 0.29) is 5.91 Å². The van der Waals surface area contributed by atoms with Crippen molar-refractivity contribution in [2.75, 3.05) is 20.1 Å². The van der Waals surface area contributed by atoms with Gasteiger partial charge in [-0.05, 0) is 31.7 Å². The molecule has 1 fully saturated rings. The maximum Gasteiger partial charge on any atom is 0.233 e. The fourth-order valence-electron chi connectivity index (χ4n) is 1.99. The topological polar surface area (TPSA) is 41.1 Å². The van der Waals surface area contributed by atoms with Crippen LogP contribution in [0.2, 0.25) is 0 Å². The van der Waals surface area contributed by atoms with Gasteiger partial charge >= 0.3 is 0 Å². The maximum absolute atomic E-state index is 11.1. The van der Waals surface area contributed by atoms with Crippen molar-refractivity contribution in [1.29, 1.82) is 0 Å². The van der Waals surface area contributed by atoms with Crippen LogP contribution in [0.5, 0.6) is 0 Å². The number of likely N-dealkylation sites (N-methyl/N-ethyl adjacent to an activating group) is 1. The lowest BCUT2D eigenvalue weighted by atomic mass is 10.1. The van der Waals surface area contributed by atoms with Gasteiger partial charge in [-0.25, -0.2) is 0 Å². The fraction of sp³-hybridized carbons (Fsp3) is 0.900. The third kappa shape index (κ3) is 3.77. The molecule has 1 aliphatic carbocycles. The average Bonchev–Trinajstić information content (AvgIpc) is 2.49. The molecule has 0 aliphatic heterocycles. The lowest BCUT2D eigenvalue weighted by Gasteiger charge is -2.10. The molecule has 0 saturated heterocycles. The molecule has 2 N–H and O–H groups in total. The van der Waals surface area contributed by atoms with Crippen molar-refractivity contribution in [2.24, 2.45) is 11.8 Å². The summed E-state index contributed by atoms with van der Waals surface area (Å²) in [5, 5.41) is 5.78. The van der Waals surface area contributed by atoms with E-state index in [1.54, 1.807) is 7.05 Å². The summed E-state index contributed by atoms with van der Waals surface area (Å²) in [7, 11) is 1.79. The van der Waals surface area contributed by atoms with Gasteiger partial charge in [0.05, 0.1) is 6.54 Å². The third-order valence-electron chi connectivity index (χ3n) is 2.73. The van der Waals surface area contributed by atoms with Crippen molar-refractivity contribution < 1.29 is 4.79 Å². The van der Waals surface area contributed by atoms with Gasteiger partial charge in [-0.1, -0.05) is 13.3 Å². The molecule has 2 unspecified atom stereocenters. The van der Waals surface area contributed by atoms with Crippen molar-refractivity contribution >= 4 is 5.91 Å². The number of amides is 1. The Morgan fingerprint density at radius 1 is 1.46 bits per heavy atom. The molecular formula is C10H20N2O. The molecule has 1 rings (SSSR count). The van der Waals surface area contributed by atoms with Crippen LogP contribution in [0.25, 0.3) is 0 Å². The second kappa shape index (κ2) is 5.22. The standard InChI is InChI=1S/C10H20N2O/c1-8-3-4-9(5-8)6-12-10(13)7-11-2/h8-9,11H,3-7H2,1-2H3,(H,12,13). The number of hydrogen-bond acceptors (Lipinski definition) is 2. The SMILES string of the molecule is CNCC(=O)NCC1CCC(C)C1. The molecule has 0 bridgehead atoms. The molecule has 1 aliphatic rings. The fourth-order valence-corrected chi connectivity index (χ4v) is 1.99. The van der Waals surface area contributed by atoms with Crippen LogP contribution in [-0.4, -0.2) is 26.0 Å². The van der Waals surface area contributed by atoms with E-state index in [0.717, 1.165) is 18.4 Å². The number of carbonyl (C=O) groups excluding carboxylic acids is 1. The highest BCUT2D eigenvalue weighted by molar-refractivity contribution is 5.77. The lowest BCUT2D eigenvalue weighted by molar-refractivity contribution is -0.120. The van der Waals surface area contributed by atoms with E-state index >= 15 is 0 Å². The van der Waals surface area contributed by atoms with Gasteiger partial charge in [0, 0.05) is 6.54 Å². The number of rotatable bonds is 4. The van der Waals surface area contributed by atoms with E-state index in [0.29, 0.717) is 6.54 Å². The van der Waals surface area contributed by atoms with Crippen LogP contribution >= 0.6 is 0 Å². The molecular weight excluding hydrogens is 164 g/mol. The van der Waals surface area contributed by atoms with Gasteiger partial charge in [-0.2, -0.15) is 0 Å². The summed E-state index contributed by atoms with van der Waals surface area (Å²) in [4.78, 5) is 11.1. The highest BCUT2D eigenvalue weighted by Gasteiger charge is 2.21. The van der Waals surface area contributed by atoms with Crippen molar-refractivity contribution in [1.82, 2.24) is 10.6 Å². The van der Waals surface area contributed by atoms with E-state index in [9.17, 15) is 4.79 Å². The molecule has 0 spiro atoms. The van der Waals surface area contributed by atoms with Crippen LogP contribution in [0.4, 0.5) is 0 Å². The molecule has 1 amide bonds. The van der Waals surface area contributed by atoms with Crippen LogP contribution in [-0.2, 0) is 4.79 Å². The van der Waals surface area contributed by atoms with Crippen LogP contribution in [0.3, 0.4) is 0 Å². The molecule has 0 aromatic rings. The minimum atomic E-state index is 0.113. The second-order valence-corrected chi connectivity index (χ2v) is 4.12. The summed E-state index contributed by atoms with van der Waals surface area (Å²) in [6.07, 6.45) is 3.88. The zero-order valence-electron chi connectivity index (χ0n) is 8.60. The Morgan fingerprint density at radius 2 is 2.23 bits per heavy atom. The summed E-state index contributed by atoms with van der Waals surface area (Å²) in [5.41, 5.74) is 0. The smallest absolute Gasteiger partial charge is 0.233 e. The Kier molecular flexibility index (Phi) is 4.22. The predicted octanol–water partition coefficient (Wildman–Crippen LogP) is 0.758. The van der Waals surface area contributed by atoms with Crippen molar-refractivity contribution in [2.45, 2.75) is 26.2 Å². The molecule has 0 radical (unpaired) electrons. The summed E-state index contributed by atoms with van der Waals surface area (Å²) in [6.45, 7) is 3.59. The first kappa shape index (κ1) is 10.5. The summed E-state index contributed by atoms with van der Waals surface area (Å²) >= 11 is 0. The highest BCUT2D eigenvalue weighted by Crippen LogP contribution is 2.29. The zero-order chi connectivity index (χ0) is 9.68. The first-order valence-corrected chi connectivity index (χ1v) is 5.13. The molecule has 76 valence electrons. The largest absolute Gasteiger partial charge is 0.355 e. The van der Waals surface area contributed by atoms with Gasteiger partial charge in [0.15, 0.2) is 0 Å². The summed E-state index contributed by atoms with van der Waals surface area (Å²) in [6, 6.07) is 0. The zero-order valence-corrected chi connectivity index (χ0v) is 8.60. The lowest BCUT2D eigenvalue weighted by Crippen LogP contribution is -2.34. The molecule has 1 saturated carbocycles. The second-order valence-electron chi connectivity index (χ2n) is 4.12. The Bertz CT molecular complexity index is 170. The molecule has 0 heterocycles. The molecule has 3 nitrogen and oxygen atoms in total. The first-order chi connectivity index (χ1) is 6.22. The molecule has 2 atom stereocenters. The van der Waals surface area contributed by atoms with E-state index < -0.39 is 0 Å². The molecule has 13 heavy (non-hydrogen) atoms. The Labute approximate surface area is 80.3 Å². The van der Waals surface area contributed by atoms with Gasteiger partial charge in [0.25, 0.3) is 0 Å². The normalized spacial score (nSPS) is 27.5. The number of hydrogen-bond donors (Lipinski definition) is 2. The molecule has 3 heteroatoms. The molecule has 0 aromatic carbocycles. The van der Waals surface area contributed by atoms with Crippen LogP contribution in [0.1, 0.15) is 26.2 Å². The van der Waals surface area contributed by atoms with Crippen molar-refractivity contribution in [3.8, 4) is 0 Å². The van der Waals surface area contributed by atoms with Gasteiger partial charge in [-0.3, -0.25) is 4.79 Å². The van der Waals surface area contributed by atoms with Crippen LogP contribution in [0.15, 0.2) is 0 Å². The van der Waals surface area contributed by atoms with E-state index in [1.165, 1.54) is 19.3 Å². The van der Waals surface area contributed by atoms with E-state index in [1.807, 2.05) is 0 Å². The van der Waals surface area contributed by atoms with E-state index in [4.69, 9.17) is 0 Å². The third-order valence-corrected chi connectivity index (χ3v) is 2.73. The quantitative estimate of drug-likeness (QED) is 0.677. The van der Waals surface area contributed by atoms with Gasteiger partial charge < -0.3 is 10.6 Å². The van der Waals surface area contributed by atoms with Gasteiger partial charge in [-0.15, -0.1) is 0 Å². The van der Waals surface area contributed by atoms with Crippen molar-refractivity contribution in [3.63, 3.8) is 0 Å². The van der Waals surface area contributed by atoms with E-state index in [2.05, 4.69) is 17.6 Å². The maximum atomic E-state index is 11.1. The Hall–Kier alpha value is -0.570. The molecule has 0 aromatic heterocycles.